The SMILES string of the molecule is Cc1c2c(n3ccccc13)CCC(C)(C)C2N1CCCC1.Cl. The topological polar surface area (TPSA) is 7.65 Å². The van der Waals surface area contributed by atoms with E-state index < -0.39 is 0 Å². The predicted octanol–water partition coefficient (Wildman–Crippen LogP) is 4.78. The van der Waals surface area contributed by atoms with Crippen molar-refractivity contribution >= 4 is 17.9 Å². The standard InChI is InChI=1S/C19H26N2.ClH/c1-14-15-8-4-5-13-21(15)16-9-10-19(2,3)18(17(14)16)20-11-6-7-12-20;/h4-5,8,13,18H,6-7,9-12H2,1-3H3;1H. The normalized spacial score (nSPS) is 24.2. The number of hydrogen-bond donors (Lipinski definition) is 0. The van der Waals surface area contributed by atoms with Gasteiger partial charge < -0.3 is 4.40 Å². The van der Waals surface area contributed by atoms with Gasteiger partial charge in [0.1, 0.15) is 0 Å². The van der Waals surface area contributed by atoms with E-state index in [0.29, 0.717) is 11.5 Å². The fraction of sp³-hybridized carbons (Fsp3) is 0.579. The van der Waals surface area contributed by atoms with Gasteiger partial charge in [-0.3, -0.25) is 4.90 Å². The summed E-state index contributed by atoms with van der Waals surface area (Å²) in [6.07, 6.45) is 7.50. The van der Waals surface area contributed by atoms with Crippen LogP contribution in [0, 0.1) is 12.3 Å². The monoisotopic (exact) mass is 318 g/mol. The van der Waals surface area contributed by atoms with Crippen LogP contribution in [-0.2, 0) is 6.42 Å². The first-order chi connectivity index (χ1) is 10.1. The van der Waals surface area contributed by atoms with Gasteiger partial charge in [-0.1, -0.05) is 19.9 Å². The molecule has 0 spiro atoms. The Hall–Kier alpha value is -0.990. The third-order valence-electron chi connectivity index (χ3n) is 5.78. The van der Waals surface area contributed by atoms with Crippen molar-refractivity contribution in [3.63, 3.8) is 0 Å². The largest absolute Gasteiger partial charge is 0.320 e. The van der Waals surface area contributed by atoms with E-state index in [1.807, 2.05) is 0 Å². The number of rotatable bonds is 1. The minimum atomic E-state index is 0. The van der Waals surface area contributed by atoms with E-state index in [9.17, 15) is 0 Å². The van der Waals surface area contributed by atoms with E-state index in [2.05, 4.69) is 54.5 Å². The summed E-state index contributed by atoms with van der Waals surface area (Å²) in [4.78, 5) is 2.75. The third-order valence-corrected chi connectivity index (χ3v) is 5.78. The number of hydrogen-bond acceptors (Lipinski definition) is 1. The number of pyridine rings is 1. The van der Waals surface area contributed by atoms with E-state index in [1.165, 1.54) is 49.9 Å². The molecule has 2 nitrogen and oxygen atoms in total. The van der Waals surface area contributed by atoms with Gasteiger partial charge in [-0.25, -0.2) is 0 Å². The highest BCUT2D eigenvalue weighted by Crippen LogP contribution is 2.50. The van der Waals surface area contributed by atoms with Gasteiger partial charge in [0.15, 0.2) is 0 Å². The van der Waals surface area contributed by atoms with Crippen LogP contribution >= 0.6 is 12.4 Å². The van der Waals surface area contributed by atoms with Gasteiger partial charge in [-0.15, -0.1) is 12.4 Å². The zero-order valence-corrected chi connectivity index (χ0v) is 14.7. The lowest BCUT2D eigenvalue weighted by atomic mass is 9.70. The first-order valence-electron chi connectivity index (χ1n) is 8.42. The molecule has 1 saturated heterocycles. The summed E-state index contributed by atoms with van der Waals surface area (Å²) in [5, 5.41) is 0. The van der Waals surface area contributed by atoms with E-state index in [1.54, 1.807) is 11.3 Å². The first-order valence-corrected chi connectivity index (χ1v) is 8.42. The van der Waals surface area contributed by atoms with Crippen LogP contribution in [0.5, 0.6) is 0 Å². The molecule has 1 aliphatic heterocycles. The van der Waals surface area contributed by atoms with Crippen LogP contribution in [0.3, 0.4) is 0 Å². The number of fused-ring (bicyclic) bond motifs is 3. The fourth-order valence-corrected chi connectivity index (χ4v) is 4.73. The van der Waals surface area contributed by atoms with Crippen LogP contribution < -0.4 is 0 Å². The fourth-order valence-electron chi connectivity index (χ4n) is 4.73. The van der Waals surface area contributed by atoms with Crippen molar-refractivity contribution in [3.8, 4) is 0 Å². The maximum Gasteiger partial charge on any atom is 0.0485 e. The highest BCUT2D eigenvalue weighted by Gasteiger charge is 2.42. The van der Waals surface area contributed by atoms with Crippen molar-refractivity contribution < 1.29 is 0 Å². The van der Waals surface area contributed by atoms with Gasteiger partial charge >= 0.3 is 0 Å². The van der Waals surface area contributed by atoms with Crippen molar-refractivity contribution in [2.24, 2.45) is 5.41 Å². The van der Waals surface area contributed by atoms with Gasteiger partial charge in [0, 0.05) is 23.4 Å². The molecule has 2 aliphatic rings. The molecule has 120 valence electrons. The molecule has 22 heavy (non-hydrogen) atoms. The number of aryl methyl sites for hydroxylation is 2. The Kier molecular flexibility index (Phi) is 4.03. The van der Waals surface area contributed by atoms with Gasteiger partial charge in [-0.05, 0) is 74.4 Å². The molecule has 4 rings (SSSR count). The van der Waals surface area contributed by atoms with E-state index >= 15 is 0 Å². The Morgan fingerprint density at radius 1 is 1.14 bits per heavy atom. The van der Waals surface area contributed by atoms with Crippen LogP contribution in [0.1, 0.15) is 56.0 Å². The molecule has 2 aromatic rings. The Balaban J connectivity index is 0.00000144. The van der Waals surface area contributed by atoms with Gasteiger partial charge in [0.25, 0.3) is 0 Å². The lowest BCUT2D eigenvalue weighted by Gasteiger charge is -2.44. The molecule has 1 aliphatic carbocycles. The Labute approximate surface area is 139 Å². The summed E-state index contributed by atoms with van der Waals surface area (Å²) in [7, 11) is 0. The number of likely N-dealkylation sites (tertiary alicyclic amines) is 1. The first kappa shape index (κ1) is 15.9. The van der Waals surface area contributed by atoms with Crippen molar-refractivity contribution in [2.45, 2.75) is 52.5 Å². The number of nitrogens with zero attached hydrogens (tertiary/aromatic N) is 2. The van der Waals surface area contributed by atoms with Gasteiger partial charge in [0.05, 0.1) is 0 Å². The molecule has 0 bridgehead atoms. The summed E-state index contributed by atoms with van der Waals surface area (Å²) in [6, 6.07) is 7.21. The van der Waals surface area contributed by atoms with Gasteiger partial charge in [-0.2, -0.15) is 0 Å². The minimum Gasteiger partial charge on any atom is -0.320 e. The molecule has 3 heterocycles. The van der Waals surface area contributed by atoms with E-state index in [0.717, 1.165) is 0 Å². The van der Waals surface area contributed by atoms with Gasteiger partial charge in [0.2, 0.25) is 0 Å². The zero-order chi connectivity index (χ0) is 14.6. The van der Waals surface area contributed by atoms with Crippen LogP contribution in [-0.4, -0.2) is 22.4 Å². The Bertz CT molecular complexity index is 680. The molecule has 1 atom stereocenters. The molecule has 0 aromatic carbocycles. The lowest BCUT2D eigenvalue weighted by Crippen LogP contribution is -2.40. The number of aromatic nitrogens is 1. The second kappa shape index (κ2) is 5.58. The lowest BCUT2D eigenvalue weighted by molar-refractivity contribution is 0.0903. The minimum absolute atomic E-state index is 0. The molecule has 1 fully saturated rings. The van der Waals surface area contributed by atoms with Crippen molar-refractivity contribution in [2.75, 3.05) is 13.1 Å². The molecule has 0 radical (unpaired) electrons. The molecule has 0 amide bonds. The average molecular weight is 319 g/mol. The van der Waals surface area contributed by atoms with Crippen LogP contribution in [0.4, 0.5) is 0 Å². The highest BCUT2D eigenvalue weighted by atomic mass is 35.5. The summed E-state index contributed by atoms with van der Waals surface area (Å²) in [6.45, 7) is 9.83. The molecule has 2 aromatic heterocycles. The Morgan fingerprint density at radius 3 is 2.59 bits per heavy atom. The van der Waals surface area contributed by atoms with E-state index in [4.69, 9.17) is 0 Å². The quantitative estimate of drug-likeness (QED) is 0.734. The molecule has 0 N–H and O–H groups in total. The van der Waals surface area contributed by atoms with Crippen LogP contribution in [0.25, 0.3) is 5.52 Å². The van der Waals surface area contributed by atoms with Crippen molar-refractivity contribution in [1.29, 1.82) is 0 Å². The summed E-state index contributed by atoms with van der Waals surface area (Å²) >= 11 is 0. The maximum atomic E-state index is 2.75. The maximum absolute atomic E-state index is 2.75. The van der Waals surface area contributed by atoms with Crippen molar-refractivity contribution in [1.82, 2.24) is 9.30 Å². The smallest absolute Gasteiger partial charge is 0.0485 e. The second-order valence-corrected chi connectivity index (χ2v) is 7.58. The van der Waals surface area contributed by atoms with Crippen molar-refractivity contribution in [3.05, 3.63) is 41.2 Å². The second-order valence-electron chi connectivity index (χ2n) is 7.58. The average Bonchev–Trinajstić information content (AvgIpc) is 3.07. The molecule has 1 unspecified atom stereocenters. The predicted molar refractivity (Wildman–Crippen MR) is 95.0 cm³/mol. The van der Waals surface area contributed by atoms with E-state index in [-0.39, 0.29) is 12.4 Å². The Morgan fingerprint density at radius 2 is 1.86 bits per heavy atom. The number of halogens is 1. The zero-order valence-electron chi connectivity index (χ0n) is 13.9. The summed E-state index contributed by atoms with van der Waals surface area (Å²) in [5.74, 6) is 0. The third kappa shape index (κ3) is 2.19. The molecule has 0 saturated carbocycles. The summed E-state index contributed by atoms with van der Waals surface area (Å²) in [5.41, 5.74) is 6.51. The van der Waals surface area contributed by atoms with Crippen LogP contribution in [0.15, 0.2) is 24.4 Å². The molecular formula is C19H27ClN2. The van der Waals surface area contributed by atoms with Crippen LogP contribution in [0.2, 0.25) is 0 Å². The molecular weight excluding hydrogens is 292 g/mol. The summed E-state index contributed by atoms with van der Waals surface area (Å²) < 4.78 is 2.45. The highest BCUT2D eigenvalue weighted by molar-refractivity contribution is 5.85. The molecule has 3 heteroatoms.